The van der Waals surface area contributed by atoms with Crippen LogP contribution in [-0.2, 0) is 14.9 Å². The van der Waals surface area contributed by atoms with Gasteiger partial charge in [-0.15, -0.1) is 0 Å². The highest BCUT2D eigenvalue weighted by Crippen LogP contribution is 2.43. The van der Waals surface area contributed by atoms with Gasteiger partial charge in [-0.1, -0.05) is 26.8 Å². The Labute approximate surface area is 122 Å². The van der Waals surface area contributed by atoms with Gasteiger partial charge in [0, 0.05) is 33.1 Å². The normalized spacial score (nSPS) is 26.0. The van der Waals surface area contributed by atoms with E-state index in [-0.39, 0.29) is 11.5 Å². The topological polar surface area (TPSA) is 27.7 Å². The summed E-state index contributed by atoms with van der Waals surface area (Å²) in [6.45, 7) is 8.69. The van der Waals surface area contributed by atoms with E-state index < -0.39 is 5.79 Å². The maximum atomic E-state index is 6.00. The average Bonchev–Trinajstić information content (AvgIpc) is 2.45. The van der Waals surface area contributed by atoms with Crippen LogP contribution in [0.15, 0.2) is 18.2 Å². The zero-order valence-electron chi connectivity index (χ0n) is 13.4. The lowest BCUT2D eigenvalue weighted by molar-refractivity contribution is -0.184. The van der Waals surface area contributed by atoms with Gasteiger partial charge in [0.25, 0.3) is 0 Å². The molecule has 112 valence electrons. The standard InChI is InChI=1S/C17H26O3/c1-7-16(2,3)12-8-9-14-13(10-12)15(18-5)11-17(4,19-6)20-14/h8-10,15H,7,11H2,1-6H3. The first-order chi connectivity index (χ1) is 9.35. The second-order valence-corrected chi connectivity index (χ2v) is 6.36. The lowest BCUT2D eigenvalue weighted by Crippen LogP contribution is -2.40. The van der Waals surface area contributed by atoms with E-state index in [1.807, 2.05) is 13.0 Å². The van der Waals surface area contributed by atoms with Crippen molar-refractivity contribution in [2.75, 3.05) is 14.2 Å². The predicted octanol–water partition coefficient (Wildman–Crippen LogP) is 4.21. The minimum absolute atomic E-state index is 0.0105. The van der Waals surface area contributed by atoms with E-state index in [4.69, 9.17) is 14.2 Å². The van der Waals surface area contributed by atoms with Gasteiger partial charge >= 0.3 is 0 Å². The molecule has 0 spiro atoms. The monoisotopic (exact) mass is 278 g/mol. The first kappa shape index (κ1) is 15.3. The second-order valence-electron chi connectivity index (χ2n) is 6.36. The van der Waals surface area contributed by atoms with Gasteiger partial charge in [-0.05, 0) is 29.5 Å². The Bertz CT molecular complexity index is 481. The van der Waals surface area contributed by atoms with E-state index in [0.717, 1.165) is 17.7 Å². The highest BCUT2D eigenvalue weighted by molar-refractivity contribution is 5.43. The second kappa shape index (κ2) is 5.38. The van der Waals surface area contributed by atoms with Crippen LogP contribution in [-0.4, -0.2) is 20.0 Å². The fourth-order valence-corrected chi connectivity index (χ4v) is 2.57. The first-order valence-electron chi connectivity index (χ1n) is 7.26. The number of fused-ring (bicyclic) bond motifs is 1. The molecule has 0 saturated carbocycles. The summed E-state index contributed by atoms with van der Waals surface area (Å²) in [4.78, 5) is 0. The summed E-state index contributed by atoms with van der Waals surface area (Å²) >= 11 is 0. The van der Waals surface area contributed by atoms with E-state index >= 15 is 0 Å². The van der Waals surface area contributed by atoms with Gasteiger partial charge in [-0.2, -0.15) is 0 Å². The lowest BCUT2D eigenvalue weighted by atomic mass is 9.80. The van der Waals surface area contributed by atoms with Crippen LogP contribution in [0.5, 0.6) is 5.75 Å². The van der Waals surface area contributed by atoms with Crippen LogP contribution in [0, 0.1) is 0 Å². The van der Waals surface area contributed by atoms with Crippen LogP contribution >= 0.6 is 0 Å². The van der Waals surface area contributed by atoms with Gasteiger partial charge in [0.2, 0.25) is 5.79 Å². The summed E-state index contributed by atoms with van der Waals surface area (Å²) in [6.07, 6.45) is 1.81. The third-order valence-electron chi connectivity index (χ3n) is 4.62. The number of methoxy groups -OCH3 is 2. The summed E-state index contributed by atoms with van der Waals surface area (Å²) in [5.41, 5.74) is 2.61. The zero-order valence-corrected chi connectivity index (χ0v) is 13.4. The molecule has 0 aliphatic carbocycles. The number of hydrogen-bond acceptors (Lipinski definition) is 3. The molecule has 1 aromatic carbocycles. The first-order valence-corrected chi connectivity index (χ1v) is 7.26. The molecule has 3 heteroatoms. The summed E-state index contributed by atoms with van der Waals surface area (Å²) < 4.78 is 17.1. The van der Waals surface area contributed by atoms with E-state index in [1.165, 1.54) is 5.56 Å². The molecule has 0 saturated heterocycles. The lowest BCUT2D eigenvalue weighted by Gasteiger charge is -2.39. The number of hydrogen-bond donors (Lipinski definition) is 0. The molecule has 1 aliphatic heterocycles. The minimum Gasteiger partial charge on any atom is -0.462 e. The summed E-state index contributed by atoms with van der Waals surface area (Å²) in [6, 6.07) is 6.42. The van der Waals surface area contributed by atoms with Gasteiger partial charge in [-0.3, -0.25) is 0 Å². The molecule has 1 heterocycles. The Kier molecular flexibility index (Phi) is 4.12. The van der Waals surface area contributed by atoms with E-state index in [2.05, 4.69) is 32.9 Å². The number of ether oxygens (including phenoxy) is 3. The molecule has 2 unspecified atom stereocenters. The van der Waals surface area contributed by atoms with Crippen molar-refractivity contribution < 1.29 is 14.2 Å². The molecule has 0 amide bonds. The van der Waals surface area contributed by atoms with Gasteiger partial charge in [-0.25, -0.2) is 0 Å². The molecular weight excluding hydrogens is 252 g/mol. The van der Waals surface area contributed by atoms with Crippen LogP contribution < -0.4 is 4.74 Å². The fourth-order valence-electron chi connectivity index (χ4n) is 2.57. The third kappa shape index (κ3) is 2.70. The molecule has 1 aromatic rings. The SMILES string of the molecule is CCC(C)(C)c1ccc2c(c1)C(OC)CC(C)(OC)O2. The van der Waals surface area contributed by atoms with Gasteiger partial charge < -0.3 is 14.2 Å². The fraction of sp³-hybridized carbons (Fsp3) is 0.647. The van der Waals surface area contributed by atoms with Crippen LogP contribution in [0.1, 0.15) is 57.8 Å². The van der Waals surface area contributed by atoms with Crippen LogP contribution in [0.3, 0.4) is 0 Å². The van der Waals surface area contributed by atoms with Crippen molar-refractivity contribution in [2.45, 2.75) is 57.8 Å². The molecule has 2 rings (SSSR count). The van der Waals surface area contributed by atoms with Gasteiger partial charge in [0.15, 0.2) is 0 Å². The third-order valence-corrected chi connectivity index (χ3v) is 4.62. The van der Waals surface area contributed by atoms with Crippen LogP contribution in [0.4, 0.5) is 0 Å². The quantitative estimate of drug-likeness (QED) is 0.826. The molecule has 20 heavy (non-hydrogen) atoms. The molecular formula is C17H26O3. The zero-order chi connectivity index (χ0) is 15.0. The Balaban J connectivity index is 2.44. The molecule has 0 N–H and O–H groups in total. The summed E-state index contributed by atoms with van der Waals surface area (Å²) in [5.74, 6) is 0.248. The number of rotatable bonds is 4. The average molecular weight is 278 g/mol. The van der Waals surface area contributed by atoms with Gasteiger partial charge in [0.1, 0.15) is 5.75 Å². The van der Waals surface area contributed by atoms with Crippen molar-refractivity contribution in [3.63, 3.8) is 0 Å². The molecule has 2 atom stereocenters. The Morgan fingerprint density at radius 1 is 1.35 bits per heavy atom. The van der Waals surface area contributed by atoms with Crippen molar-refractivity contribution >= 4 is 0 Å². The van der Waals surface area contributed by atoms with Crippen molar-refractivity contribution in [3.8, 4) is 5.75 Å². The smallest absolute Gasteiger partial charge is 0.210 e. The molecule has 0 fully saturated rings. The summed E-state index contributed by atoms with van der Waals surface area (Å²) in [5, 5.41) is 0. The minimum atomic E-state index is -0.616. The highest BCUT2D eigenvalue weighted by Gasteiger charge is 2.38. The van der Waals surface area contributed by atoms with Gasteiger partial charge in [0.05, 0.1) is 6.10 Å². The van der Waals surface area contributed by atoms with Crippen molar-refractivity contribution in [2.24, 2.45) is 0 Å². The molecule has 0 radical (unpaired) electrons. The molecule has 3 nitrogen and oxygen atoms in total. The Hall–Kier alpha value is -1.06. The molecule has 0 bridgehead atoms. The maximum Gasteiger partial charge on any atom is 0.210 e. The highest BCUT2D eigenvalue weighted by atomic mass is 16.7. The Morgan fingerprint density at radius 2 is 2.05 bits per heavy atom. The van der Waals surface area contributed by atoms with Crippen LogP contribution in [0.25, 0.3) is 0 Å². The summed E-state index contributed by atoms with van der Waals surface area (Å²) in [7, 11) is 3.42. The van der Waals surface area contributed by atoms with E-state index in [0.29, 0.717) is 6.42 Å². The number of benzene rings is 1. The predicted molar refractivity (Wildman–Crippen MR) is 80.2 cm³/mol. The molecule has 0 aromatic heterocycles. The van der Waals surface area contributed by atoms with E-state index in [9.17, 15) is 0 Å². The van der Waals surface area contributed by atoms with E-state index in [1.54, 1.807) is 14.2 Å². The largest absolute Gasteiger partial charge is 0.462 e. The maximum absolute atomic E-state index is 6.00. The van der Waals surface area contributed by atoms with Crippen molar-refractivity contribution in [1.29, 1.82) is 0 Å². The molecule has 1 aliphatic rings. The van der Waals surface area contributed by atoms with Crippen LogP contribution in [0.2, 0.25) is 0 Å². The van der Waals surface area contributed by atoms with Crippen molar-refractivity contribution in [3.05, 3.63) is 29.3 Å². The van der Waals surface area contributed by atoms with Crippen molar-refractivity contribution in [1.82, 2.24) is 0 Å². The Morgan fingerprint density at radius 3 is 2.60 bits per heavy atom.